The lowest BCUT2D eigenvalue weighted by molar-refractivity contribution is 1.24. The molecule has 0 spiro atoms. The molecular formula is C17H15N3. The predicted octanol–water partition coefficient (Wildman–Crippen LogP) is 5.15. The molecule has 0 aliphatic carbocycles. The number of nitrogen functional groups attached to an aromatic ring is 1. The molecule has 3 rings (SSSR count). The SMILES string of the molecule is Cc1cccc2ccc(N)c(N=Nc3ccccc3)c12. The second-order valence-electron chi connectivity index (χ2n) is 4.71. The topological polar surface area (TPSA) is 50.7 Å². The first-order valence-electron chi connectivity index (χ1n) is 6.50. The summed E-state index contributed by atoms with van der Waals surface area (Å²) in [6.45, 7) is 2.06. The molecule has 0 aliphatic heterocycles. The zero-order valence-corrected chi connectivity index (χ0v) is 11.2. The van der Waals surface area contributed by atoms with E-state index in [1.807, 2.05) is 48.5 Å². The molecule has 0 aliphatic rings. The molecule has 98 valence electrons. The Balaban J connectivity index is 2.16. The fourth-order valence-corrected chi connectivity index (χ4v) is 2.27. The highest BCUT2D eigenvalue weighted by molar-refractivity contribution is 6.00. The molecule has 20 heavy (non-hydrogen) atoms. The molecule has 0 saturated carbocycles. The summed E-state index contributed by atoms with van der Waals surface area (Å²) in [4.78, 5) is 0. The quantitative estimate of drug-likeness (QED) is 0.503. The van der Waals surface area contributed by atoms with E-state index in [4.69, 9.17) is 5.73 Å². The monoisotopic (exact) mass is 261 g/mol. The van der Waals surface area contributed by atoms with Gasteiger partial charge in [-0.1, -0.05) is 42.5 Å². The van der Waals surface area contributed by atoms with Crippen molar-refractivity contribution in [3.8, 4) is 0 Å². The van der Waals surface area contributed by atoms with Gasteiger partial charge in [0, 0.05) is 5.39 Å². The van der Waals surface area contributed by atoms with E-state index in [0.29, 0.717) is 5.69 Å². The van der Waals surface area contributed by atoms with E-state index in [0.717, 1.165) is 27.7 Å². The largest absolute Gasteiger partial charge is 0.397 e. The van der Waals surface area contributed by atoms with Gasteiger partial charge in [-0.15, -0.1) is 5.11 Å². The van der Waals surface area contributed by atoms with Crippen LogP contribution in [0.2, 0.25) is 0 Å². The predicted molar refractivity (Wildman–Crippen MR) is 83.7 cm³/mol. The number of nitrogens with two attached hydrogens (primary N) is 1. The molecule has 3 heteroatoms. The summed E-state index contributed by atoms with van der Waals surface area (Å²) in [5, 5.41) is 10.8. The maximum absolute atomic E-state index is 6.07. The Morgan fingerprint density at radius 3 is 2.40 bits per heavy atom. The maximum atomic E-state index is 6.07. The lowest BCUT2D eigenvalue weighted by atomic mass is 10.0. The summed E-state index contributed by atoms with van der Waals surface area (Å²) >= 11 is 0. The van der Waals surface area contributed by atoms with Gasteiger partial charge in [0.05, 0.1) is 11.4 Å². The highest BCUT2D eigenvalue weighted by atomic mass is 15.1. The zero-order chi connectivity index (χ0) is 13.9. The van der Waals surface area contributed by atoms with Gasteiger partial charge in [0.25, 0.3) is 0 Å². The van der Waals surface area contributed by atoms with Crippen LogP contribution < -0.4 is 5.73 Å². The van der Waals surface area contributed by atoms with Crippen molar-refractivity contribution in [2.24, 2.45) is 10.2 Å². The van der Waals surface area contributed by atoms with E-state index in [2.05, 4.69) is 29.3 Å². The molecule has 0 saturated heterocycles. The van der Waals surface area contributed by atoms with Gasteiger partial charge in [0.2, 0.25) is 0 Å². The lowest BCUT2D eigenvalue weighted by Crippen LogP contribution is -1.88. The molecule has 0 bridgehead atoms. The van der Waals surface area contributed by atoms with E-state index in [-0.39, 0.29) is 0 Å². The average Bonchev–Trinajstić information content (AvgIpc) is 2.48. The van der Waals surface area contributed by atoms with Crippen LogP contribution in [-0.2, 0) is 0 Å². The third kappa shape index (κ3) is 2.26. The number of nitrogens with zero attached hydrogens (tertiary/aromatic N) is 2. The number of azo groups is 1. The van der Waals surface area contributed by atoms with E-state index in [1.165, 1.54) is 0 Å². The van der Waals surface area contributed by atoms with Crippen LogP contribution in [0.4, 0.5) is 17.1 Å². The van der Waals surface area contributed by atoms with Crippen LogP contribution >= 0.6 is 0 Å². The lowest BCUT2D eigenvalue weighted by Gasteiger charge is -2.07. The van der Waals surface area contributed by atoms with Crippen LogP contribution in [0.3, 0.4) is 0 Å². The number of rotatable bonds is 2. The van der Waals surface area contributed by atoms with Crippen molar-refractivity contribution in [1.29, 1.82) is 0 Å². The minimum Gasteiger partial charge on any atom is -0.397 e. The molecule has 0 heterocycles. The second kappa shape index (κ2) is 5.13. The average molecular weight is 261 g/mol. The molecule has 0 fully saturated rings. The molecule has 2 N–H and O–H groups in total. The minimum absolute atomic E-state index is 0.645. The summed E-state index contributed by atoms with van der Waals surface area (Å²) in [5.41, 5.74) is 9.42. The zero-order valence-electron chi connectivity index (χ0n) is 11.2. The first-order chi connectivity index (χ1) is 9.75. The standard InChI is InChI=1S/C17H15N3/c1-12-6-5-7-13-10-11-15(18)17(16(12)13)20-19-14-8-3-2-4-9-14/h2-11H,18H2,1H3. The first-order valence-corrected chi connectivity index (χ1v) is 6.50. The molecule has 0 atom stereocenters. The van der Waals surface area contributed by atoms with Crippen LogP contribution in [0.5, 0.6) is 0 Å². The van der Waals surface area contributed by atoms with Crippen LogP contribution in [0.1, 0.15) is 5.56 Å². The molecule has 0 amide bonds. The van der Waals surface area contributed by atoms with Crippen LogP contribution in [-0.4, -0.2) is 0 Å². The van der Waals surface area contributed by atoms with E-state index >= 15 is 0 Å². The molecule has 3 aromatic carbocycles. The summed E-state index contributed by atoms with van der Waals surface area (Å²) in [5.74, 6) is 0. The Bertz CT molecular complexity index is 777. The molecule has 3 nitrogen and oxygen atoms in total. The number of fused-ring (bicyclic) bond motifs is 1. The van der Waals surface area contributed by atoms with Crippen molar-refractivity contribution in [2.45, 2.75) is 6.92 Å². The molecule has 3 aromatic rings. The highest BCUT2D eigenvalue weighted by Gasteiger charge is 2.07. The minimum atomic E-state index is 0.645. The highest BCUT2D eigenvalue weighted by Crippen LogP contribution is 2.35. The Kier molecular flexibility index (Phi) is 3.17. The number of hydrogen-bond donors (Lipinski definition) is 1. The third-order valence-electron chi connectivity index (χ3n) is 3.28. The Morgan fingerprint density at radius 1 is 0.800 bits per heavy atom. The number of aryl methyl sites for hydroxylation is 1. The Hall–Kier alpha value is -2.68. The van der Waals surface area contributed by atoms with E-state index < -0.39 is 0 Å². The van der Waals surface area contributed by atoms with Gasteiger partial charge in [-0.2, -0.15) is 5.11 Å². The smallest absolute Gasteiger partial charge is 0.117 e. The third-order valence-corrected chi connectivity index (χ3v) is 3.28. The van der Waals surface area contributed by atoms with Gasteiger partial charge in [0.15, 0.2) is 0 Å². The number of benzene rings is 3. The molecule has 0 aromatic heterocycles. The fourth-order valence-electron chi connectivity index (χ4n) is 2.27. The van der Waals surface area contributed by atoms with E-state index in [9.17, 15) is 0 Å². The van der Waals surface area contributed by atoms with Gasteiger partial charge < -0.3 is 5.73 Å². The fraction of sp³-hybridized carbons (Fsp3) is 0.0588. The van der Waals surface area contributed by atoms with Crippen LogP contribution in [0.25, 0.3) is 10.8 Å². The normalized spacial score (nSPS) is 11.2. The summed E-state index contributed by atoms with van der Waals surface area (Å²) < 4.78 is 0. The van der Waals surface area contributed by atoms with Gasteiger partial charge in [-0.3, -0.25) is 0 Å². The van der Waals surface area contributed by atoms with Gasteiger partial charge in [-0.05, 0) is 36.1 Å². The molecule has 0 unspecified atom stereocenters. The van der Waals surface area contributed by atoms with Crippen LogP contribution in [0.15, 0.2) is 70.9 Å². The molecule has 0 radical (unpaired) electrons. The van der Waals surface area contributed by atoms with Crippen molar-refractivity contribution in [3.63, 3.8) is 0 Å². The second-order valence-corrected chi connectivity index (χ2v) is 4.71. The van der Waals surface area contributed by atoms with Crippen molar-refractivity contribution in [2.75, 3.05) is 5.73 Å². The first kappa shape index (κ1) is 12.4. The van der Waals surface area contributed by atoms with Crippen molar-refractivity contribution in [3.05, 3.63) is 66.2 Å². The summed E-state index contributed by atoms with van der Waals surface area (Å²) in [6.07, 6.45) is 0. The van der Waals surface area contributed by atoms with Crippen molar-refractivity contribution < 1.29 is 0 Å². The Morgan fingerprint density at radius 2 is 1.60 bits per heavy atom. The Labute approximate surface area is 117 Å². The molecular weight excluding hydrogens is 246 g/mol. The summed E-state index contributed by atoms with van der Waals surface area (Å²) in [6, 6.07) is 19.7. The van der Waals surface area contributed by atoms with Crippen LogP contribution in [0, 0.1) is 6.92 Å². The van der Waals surface area contributed by atoms with Gasteiger partial charge >= 0.3 is 0 Å². The number of anilines is 1. The maximum Gasteiger partial charge on any atom is 0.117 e. The summed E-state index contributed by atoms with van der Waals surface area (Å²) in [7, 11) is 0. The van der Waals surface area contributed by atoms with Gasteiger partial charge in [-0.25, -0.2) is 0 Å². The van der Waals surface area contributed by atoms with Gasteiger partial charge in [0.1, 0.15) is 5.69 Å². The van der Waals surface area contributed by atoms with Crippen molar-refractivity contribution >= 4 is 27.8 Å². The number of hydrogen-bond acceptors (Lipinski definition) is 3. The van der Waals surface area contributed by atoms with E-state index in [1.54, 1.807) is 0 Å². The van der Waals surface area contributed by atoms with Crippen molar-refractivity contribution in [1.82, 2.24) is 0 Å².